The van der Waals surface area contributed by atoms with E-state index in [9.17, 15) is 0 Å². The summed E-state index contributed by atoms with van der Waals surface area (Å²) in [6.07, 6.45) is 8.26. The quantitative estimate of drug-likeness (QED) is 0.730. The van der Waals surface area contributed by atoms with Gasteiger partial charge in [-0.15, -0.1) is 0 Å². The van der Waals surface area contributed by atoms with E-state index in [1.54, 1.807) is 0 Å². The highest BCUT2D eigenvalue weighted by Crippen LogP contribution is 2.27. The first-order valence-corrected chi connectivity index (χ1v) is 8.10. The molecule has 0 saturated heterocycles. The van der Waals surface area contributed by atoms with Crippen LogP contribution in [-0.4, -0.2) is 6.04 Å². The molecule has 0 unspecified atom stereocenters. The lowest BCUT2D eigenvalue weighted by Gasteiger charge is -2.24. The molecule has 0 radical (unpaired) electrons. The molecule has 19 heavy (non-hydrogen) atoms. The van der Waals surface area contributed by atoms with Crippen LogP contribution in [0.3, 0.4) is 0 Å². The Morgan fingerprint density at radius 3 is 2.26 bits per heavy atom. The van der Waals surface area contributed by atoms with Crippen molar-refractivity contribution in [3.05, 3.63) is 33.8 Å². The third-order valence-electron chi connectivity index (χ3n) is 4.27. The molecule has 0 amide bonds. The zero-order valence-electron chi connectivity index (χ0n) is 11.6. The van der Waals surface area contributed by atoms with Crippen LogP contribution in [0.5, 0.6) is 0 Å². The third kappa shape index (κ3) is 4.37. The van der Waals surface area contributed by atoms with Crippen LogP contribution in [0, 0.1) is 5.92 Å². The minimum Gasteiger partial charge on any atom is -0.310 e. The van der Waals surface area contributed by atoms with Crippen molar-refractivity contribution in [3.63, 3.8) is 0 Å². The van der Waals surface area contributed by atoms with Gasteiger partial charge in [0.1, 0.15) is 0 Å². The van der Waals surface area contributed by atoms with Crippen LogP contribution in [0.4, 0.5) is 0 Å². The Labute approximate surface area is 126 Å². The van der Waals surface area contributed by atoms with Crippen molar-refractivity contribution in [2.24, 2.45) is 5.92 Å². The summed E-state index contributed by atoms with van der Waals surface area (Å²) >= 11 is 12.4. The summed E-state index contributed by atoms with van der Waals surface area (Å²) in [4.78, 5) is 0. The van der Waals surface area contributed by atoms with Gasteiger partial charge >= 0.3 is 0 Å². The summed E-state index contributed by atoms with van der Waals surface area (Å²) in [6, 6.07) is 6.23. The minimum absolute atomic E-state index is 0.533. The minimum atomic E-state index is 0.533. The maximum atomic E-state index is 6.20. The molecule has 1 aromatic rings. The molecule has 0 heterocycles. The summed E-state index contributed by atoms with van der Waals surface area (Å²) in [5.41, 5.74) is 1.02. The lowest BCUT2D eigenvalue weighted by atomic mass is 9.93. The lowest BCUT2D eigenvalue weighted by Crippen LogP contribution is -2.33. The van der Waals surface area contributed by atoms with Gasteiger partial charge in [0.25, 0.3) is 0 Å². The zero-order chi connectivity index (χ0) is 13.7. The van der Waals surface area contributed by atoms with E-state index in [-0.39, 0.29) is 0 Å². The van der Waals surface area contributed by atoms with Crippen LogP contribution in [0.25, 0.3) is 0 Å². The van der Waals surface area contributed by atoms with Crippen LogP contribution in [0.15, 0.2) is 18.2 Å². The van der Waals surface area contributed by atoms with Gasteiger partial charge in [0, 0.05) is 28.2 Å². The predicted octanol–water partition coefficient (Wildman–Crippen LogP) is 5.44. The molecule has 1 saturated carbocycles. The van der Waals surface area contributed by atoms with Crippen LogP contribution in [-0.2, 0) is 6.54 Å². The van der Waals surface area contributed by atoms with Crippen LogP contribution >= 0.6 is 23.2 Å². The van der Waals surface area contributed by atoms with E-state index < -0.39 is 0 Å². The van der Waals surface area contributed by atoms with Crippen molar-refractivity contribution in [1.29, 1.82) is 0 Å². The fourth-order valence-corrected chi connectivity index (χ4v) is 3.47. The third-order valence-corrected chi connectivity index (χ3v) is 4.98. The largest absolute Gasteiger partial charge is 0.310 e. The molecule has 0 aromatic heterocycles. The molecule has 106 valence electrons. The second-order valence-corrected chi connectivity index (χ2v) is 6.44. The molecular formula is C16H23Cl2N. The molecule has 0 aliphatic heterocycles. The Hall–Kier alpha value is -0.240. The van der Waals surface area contributed by atoms with Gasteiger partial charge in [-0.2, -0.15) is 0 Å². The monoisotopic (exact) mass is 299 g/mol. The van der Waals surface area contributed by atoms with Crippen LogP contribution in [0.2, 0.25) is 10.0 Å². The molecule has 0 bridgehead atoms. The van der Waals surface area contributed by atoms with Gasteiger partial charge in [-0.1, -0.05) is 55.0 Å². The number of hydrogen-bond acceptors (Lipinski definition) is 1. The Morgan fingerprint density at radius 1 is 1.11 bits per heavy atom. The summed E-state index contributed by atoms with van der Waals surface area (Å²) in [5.74, 6) is 0.795. The van der Waals surface area contributed by atoms with Gasteiger partial charge in [-0.05, 0) is 37.8 Å². The Bertz CT molecular complexity index is 377. The molecule has 1 aromatic carbocycles. The average molecular weight is 300 g/mol. The average Bonchev–Trinajstić information content (AvgIpc) is 2.66. The van der Waals surface area contributed by atoms with Gasteiger partial charge in [0.15, 0.2) is 0 Å². The van der Waals surface area contributed by atoms with Crippen molar-refractivity contribution in [2.45, 2.75) is 58.0 Å². The number of hydrogen-bond donors (Lipinski definition) is 1. The highest BCUT2D eigenvalue weighted by molar-refractivity contribution is 6.35. The number of rotatable bonds is 4. The number of nitrogens with one attached hydrogen (secondary N) is 1. The van der Waals surface area contributed by atoms with E-state index in [2.05, 4.69) is 12.2 Å². The molecule has 1 fully saturated rings. The van der Waals surface area contributed by atoms with Gasteiger partial charge in [-0.3, -0.25) is 0 Å². The van der Waals surface area contributed by atoms with Gasteiger partial charge < -0.3 is 5.32 Å². The van der Waals surface area contributed by atoms with Gasteiger partial charge in [-0.25, -0.2) is 0 Å². The highest BCUT2D eigenvalue weighted by Gasteiger charge is 2.19. The summed E-state index contributed by atoms with van der Waals surface area (Å²) in [7, 11) is 0. The SMILES string of the molecule is C[C@@H](NCc1c(Cl)cccc1Cl)C1CCCCCC1. The lowest BCUT2D eigenvalue weighted by molar-refractivity contribution is 0.337. The molecule has 1 aliphatic carbocycles. The van der Waals surface area contributed by atoms with Crippen LogP contribution < -0.4 is 5.32 Å². The van der Waals surface area contributed by atoms with Crippen molar-refractivity contribution in [1.82, 2.24) is 5.32 Å². The Kier molecular flexibility index (Phi) is 6.00. The normalized spacial score (nSPS) is 19.1. The van der Waals surface area contributed by atoms with E-state index in [0.29, 0.717) is 6.04 Å². The van der Waals surface area contributed by atoms with E-state index in [0.717, 1.165) is 28.1 Å². The maximum Gasteiger partial charge on any atom is 0.0465 e. The standard InChI is InChI=1S/C16H23Cl2N/c1-12(13-7-4-2-3-5-8-13)19-11-14-15(17)9-6-10-16(14)18/h6,9-10,12-13,19H,2-5,7-8,11H2,1H3/t12-/m1/s1. The van der Waals surface area contributed by atoms with Gasteiger partial charge in [0.2, 0.25) is 0 Å². The Morgan fingerprint density at radius 2 is 1.68 bits per heavy atom. The molecule has 2 rings (SSSR count). The van der Waals surface area contributed by atoms with Crippen molar-refractivity contribution in [3.8, 4) is 0 Å². The van der Waals surface area contributed by atoms with E-state index in [4.69, 9.17) is 23.2 Å². The first-order valence-electron chi connectivity index (χ1n) is 7.34. The summed E-state index contributed by atoms with van der Waals surface area (Å²) in [5, 5.41) is 5.12. The fourth-order valence-electron chi connectivity index (χ4n) is 2.94. The first kappa shape index (κ1) is 15.2. The second kappa shape index (κ2) is 7.52. The Balaban J connectivity index is 1.90. The van der Waals surface area contributed by atoms with E-state index >= 15 is 0 Å². The molecule has 1 nitrogen and oxygen atoms in total. The highest BCUT2D eigenvalue weighted by atomic mass is 35.5. The zero-order valence-corrected chi connectivity index (χ0v) is 13.1. The molecule has 1 aliphatic rings. The number of halogens is 2. The van der Waals surface area contributed by atoms with E-state index in [1.165, 1.54) is 38.5 Å². The predicted molar refractivity (Wildman–Crippen MR) is 84.0 cm³/mol. The smallest absolute Gasteiger partial charge is 0.0465 e. The fraction of sp³-hybridized carbons (Fsp3) is 0.625. The van der Waals surface area contributed by atoms with Crippen molar-refractivity contribution >= 4 is 23.2 Å². The summed E-state index contributed by atoms with van der Waals surface area (Å²) in [6.45, 7) is 3.05. The second-order valence-electron chi connectivity index (χ2n) is 5.62. The van der Waals surface area contributed by atoms with Crippen LogP contribution in [0.1, 0.15) is 51.0 Å². The number of benzene rings is 1. The molecule has 0 spiro atoms. The maximum absolute atomic E-state index is 6.20. The topological polar surface area (TPSA) is 12.0 Å². The summed E-state index contributed by atoms with van der Waals surface area (Å²) < 4.78 is 0. The molecule has 1 atom stereocenters. The van der Waals surface area contributed by atoms with Gasteiger partial charge in [0.05, 0.1) is 0 Å². The molecule has 1 N–H and O–H groups in total. The molecule has 3 heteroatoms. The molecular weight excluding hydrogens is 277 g/mol. The first-order chi connectivity index (χ1) is 9.18. The van der Waals surface area contributed by atoms with Crippen molar-refractivity contribution in [2.75, 3.05) is 0 Å². The van der Waals surface area contributed by atoms with E-state index in [1.807, 2.05) is 18.2 Å². The van der Waals surface area contributed by atoms with Crippen molar-refractivity contribution < 1.29 is 0 Å².